The smallest absolute Gasteiger partial charge is 0.248 e. The van der Waals surface area contributed by atoms with E-state index in [-0.39, 0.29) is 11.9 Å². The Morgan fingerprint density at radius 2 is 2.06 bits per heavy atom. The van der Waals surface area contributed by atoms with Gasteiger partial charge in [0, 0.05) is 41.4 Å². The number of aromatic amines is 1. The van der Waals surface area contributed by atoms with Gasteiger partial charge < -0.3 is 15.5 Å². The summed E-state index contributed by atoms with van der Waals surface area (Å²) in [5.74, 6) is 3.30. The molecule has 0 aromatic carbocycles. The second-order valence-corrected chi connectivity index (χ2v) is 10.7. The second-order valence-electron chi connectivity index (χ2n) is 9.80. The van der Waals surface area contributed by atoms with Gasteiger partial charge in [-0.3, -0.25) is 9.89 Å². The molecule has 1 amide bonds. The van der Waals surface area contributed by atoms with E-state index in [2.05, 4.69) is 38.8 Å². The van der Waals surface area contributed by atoms with Crippen molar-refractivity contribution in [3.8, 4) is 0 Å². The third-order valence-corrected chi connectivity index (χ3v) is 7.98. The number of hydrogen-bond donors (Lipinski definition) is 3. The quantitative estimate of drug-likeness (QED) is 0.481. The Morgan fingerprint density at radius 3 is 2.88 bits per heavy atom. The zero-order valence-corrected chi connectivity index (χ0v) is 20.2. The van der Waals surface area contributed by atoms with Crippen LogP contribution in [0.4, 0.5) is 22.7 Å². The molecule has 4 heterocycles. The van der Waals surface area contributed by atoms with E-state index in [1.807, 2.05) is 10.3 Å². The number of carbonyl (C=O) groups is 1. The Hall–Kier alpha value is -3.01. The van der Waals surface area contributed by atoms with Gasteiger partial charge in [0.15, 0.2) is 10.9 Å². The van der Waals surface area contributed by atoms with Gasteiger partial charge in [0.25, 0.3) is 0 Å². The number of fused-ring (bicyclic) bond motifs is 1. The van der Waals surface area contributed by atoms with E-state index in [0.29, 0.717) is 22.9 Å². The Morgan fingerprint density at radius 1 is 1.18 bits per heavy atom. The summed E-state index contributed by atoms with van der Waals surface area (Å²) >= 11 is 1.43. The predicted octanol–water partition coefficient (Wildman–Crippen LogP) is 4.40. The maximum absolute atomic E-state index is 13.0. The van der Waals surface area contributed by atoms with Gasteiger partial charge in [-0.1, -0.05) is 19.8 Å². The first-order valence-electron chi connectivity index (χ1n) is 12.3. The molecule has 0 bridgehead atoms. The van der Waals surface area contributed by atoms with Crippen molar-refractivity contribution < 1.29 is 4.79 Å². The van der Waals surface area contributed by atoms with E-state index >= 15 is 0 Å². The SMILES string of the molecule is CC1Cc2nc(N3CCC[C@@H]3C(=O)Nc3nccs3)nc(Nc3cc(C4CCCC4)[nH]n3)c2C1. The summed E-state index contributed by atoms with van der Waals surface area (Å²) in [6.45, 7) is 3.01. The highest BCUT2D eigenvalue weighted by molar-refractivity contribution is 7.13. The van der Waals surface area contributed by atoms with E-state index in [1.165, 1.54) is 48.3 Å². The molecule has 9 nitrogen and oxygen atoms in total. The minimum atomic E-state index is -0.298. The number of nitrogens with zero attached hydrogens (tertiary/aromatic N) is 5. The summed E-state index contributed by atoms with van der Waals surface area (Å²) in [5.41, 5.74) is 3.46. The van der Waals surface area contributed by atoms with Crippen LogP contribution in [0.15, 0.2) is 17.6 Å². The van der Waals surface area contributed by atoms with Crippen LogP contribution in [0.25, 0.3) is 0 Å². The molecule has 10 heteroatoms. The number of H-pyrrole nitrogens is 1. The van der Waals surface area contributed by atoms with Gasteiger partial charge in [-0.05, 0) is 44.4 Å². The molecule has 3 aromatic rings. The van der Waals surface area contributed by atoms with Crippen LogP contribution in [-0.4, -0.2) is 43.6 Å². The highest BCUT2D eigenvalue weighted by atomic mass is 32.1. The monoisotopic (exact) mass is 478 g/mol. The van der Waals surface area contributed by atoms with Gasteiger partial charge in [-0.2, -0.15) is 10.1 Å². The molecular weight excluding hydrogens is 448 g/mol. The number of anilines is 4. The van der Waals surface area contributed by atoms with Crippen LogP contribution in [0, 0.1) is 5.92 Å². The molecule has 2 aliphatic carbocycles. The number of amides is 1. The summed E-state index contributed by atoms with van der Waals surface area (Å²) in [6, 6.07) is 1.83. The van der Waals surface area contributed by atoms with Gasteiger partial charge in [-0.25, -0.2) is 9.97 Å². The molecule has 2 atom stereocenters. The molecule has 3 aromatic heterocycles. The Labute approximate surface area is 202 Å². The van der Waals surface area contributed by atoms with Gasteiger partial charge in [-0.15, -0.1) is 11.3 Å². The first-order chi connectivity index (χ1) is 16.6. The first-order valence-corrected chi connectivity index (χ1v) is 13.2. The van der Waals surface area contributed by atoms with Gasteiger partial charge in [0.2, 0.25) is 11.9 Å². The molecule has 6 rings (SSSR count). The maximum atomic E-state index is 13.0. The van der Waals surface area contributed by atoms with Crippen LogP contribution in [-0.2, 0) is 17.6 Å². The molecule has 1 saturated carbocycles. The normalized spacial score (nSPS) is 22.3. The van der Waals surface area contributed by atoms with Crippen molar-refractivity contribution in [3.63, 3.8) is 0 Å². The number of aromatic nitrogens is 5. The molecule has 1 aliphatic heterocycles. The van der Waals surface area contributed by atoms with Crippen molar-refractivity contribution in [1.29, 1.82) is 0 Å². The molecule has 178 valence electrons. The Balaban J connectivity index is 1.27. The fourth-order valence-electron chi connectivity index (χ4n) is 5.60. The topological polar surface area (TPSA) is 112 Å². The van der Waals surface area contributed by atoms with E-state index in [4.69, 9.17) is 9.97 Å². The highest BCUT2D eigenvalue weighted by Crippen LogP contribution is 2.36. The molecule has 34 heavy (non-hydrogen) atoms. The molecular formula is C24H30N8OS. The van der Waals surface area contributed by atoms with Crippen molar-refractivity contribution in [2.24, 2.45) is 5.92 Å². The Bertz CT molecular complexity index is 1170. The van der Waals surface area contributed by atoms with Crippen LogP contribution in [0.3, 0.4) is 0 Å². The Kier molecular flexibility index (Phi) is 5.68. The zero-order valence-electron chi connectivity index (χ0n) is 19.4. The average Bonchev–Trinajstić information content (AvgIpc) is 3.64. The summed E-state index contributed by atoms with van der Waals surface area (Å²) in [5, 5.41) is 16.7. The summed E-state index contributed by atoms with van der Waals surface area (Å²) in [4.78, 5) is 29.1. The van der Waals surface area contributed by atoms with E-state index in [0.717, 1.165) is 49.6 Å². The van der Waals surface area contributed by atoms with Crippen molar-refractivity contribution in [2.75, 3.05) is 22.1 Å². The van der Waals surface area contributed by atoms with E-state index in [9.17, 15) is 4.79 Å². The average molecular weight is 479 g/mol. The van der Waals surface area contributed by atoms with Crippen LogP contribution >= 0.6 is 11.3 Å². The lowest BCUT2D eigenvalue weighted by Crippen LogP contribution is -2.40. The fraction of sp³-hybridized carbons (Fsp3) is 0.542. The molecule has 0 radical (unpaired) electrons. The third-order valence-electron chi connectivity index (χ3n) is 7.29. The van der Waals surface area contributed by atoms with Gasteiger partial charge in [0.05, 0.1) is 5.69 Å². The standard InChI is InChI=1S/C24H30N8OS/c1-14-11-16-18(12-14)26-23(32-9-4-7-19(32)22(33)29-24-25-8-10-34-24)28-21(16)27-20-13-17(30-31-20)15-5-2-3-6-15/h8,10,13-15,19H,2-7,9,11-12H2,1H3,(H,25,29,33)(H2,26,27,28,30,31)/t14?,19-/m1/s1. The molecule has 3 aliphatic rings. The number of rotatable bonds is 6. The molecule has 1 unspecified atom stereocenters. The number of carbonyl (C=O) groups excluding carboxylic acids is 1. The highest BCUT2D eigenvalue weighted by Gasteiger charge is 2.35. The van der Waals surface area contributed by atoms with Crippen LogP contribution in [0.5, 0.6) is 0 Å². The molecule has 0 spiro atoms. The zero-order chi connectivity index (χ0) is 23.1. The maximum Gasteiger partial charge on any atom is 0.248 e. The lowest BCUT2D eigenvalue weighted by Gasteiger charge is -2.24. The van der Waals surface area contributed by atoms with E-state index in [1.54, 1.807) is 6.20 Å². The predicted molar refractivity (Wildman–Crippen MR) is 133 cm³/mol. The lowest BCUT2D eigenvalue weighted by molar-refractivity contribution is -0.117. The number of thiazole rings is 1. The first kappa shape index (κ1) is 21.5. The van der Waals surface area contributed by atoms with Crippen LogP contribution < -0.4 is 15.5 Å². The van der Waals surface area contributed by atoms with Crippen molar-refractivity contribution in [2.45, 2.75) is 70.3 Å². The fourth-order valence-corrected chi connectivity index (χ4v) is 6.14. The molecule has 1 saturated heterocycles. The summed E-state index contributed by atoms with van der Waals surface area (Å²) < 4.78 is 0. The molecule has 2 fully saturated rings. The van der Waals surface area contributed by atoms with Crippen molar-refractivity contribution >= 4 is 40.0 Å². The minimum Gasteiger partial charge on any atom is -0.329 e. The minimum absolute atomic E-state index is 0.0482. The number of hydrogen-bond acceptors (Lipinski definition) is 8. The second kappa shape index (κ2) is 8.98. The van der Waals surface area contributed by atoms with Crippen molar-refractivity contribution in [3.05, 3.63) is 34.6 Å². The molecule has 3 N–H and O–H groups in total. The van der Waals surface area contributed by atoms with E-state index < -0.39 is 0 Å². The van der Waals surface area contributed by atoms with Gasteiger partial charge in [0.1, 0.15) is 11.9 Å². The van der Waals surface area contributed by atoms with Crippen molar-refractivity contribution in [1.82, 2.24) is 25.1 Å². The van der Waals surface area contributed by atoms with Crippen LogP contribution in [0.1, 0.15) is 68.3 Å². The summed E-state index contributed by atoms with van der Waals surface area (Å²) in [6.07, 6.45) is 10.3. The lowest BCUT2D eigenvalue weighted by atomic mass is 10.0. The summed E-state index contributed by atoms with van der Waals surface area (Å²) in [7, 11) is 0. The van der Waals surface area contributed by atoms with Crippen LogP contribution in [0.2, 0.25) is 0 Å². The third kappa shape index (κ3) is 4.15. The largest absolute Gasteiger partial charge is 0.329 e. The van der Waals surface area contributed by atoms with Gasteiger partial charge >= 0.3 is 0 Å². The number of nitrogens with one attached hydrogen (secondary N) is 3.